The fourth-order valence-electron chi connectivity index (χ4n) is 1.99. The van der Waals surface area contributed by atoms with E-state index in [2.05, 4.69) is 15.4 Å². The normalized spacial score (nSPS) is 10.8. The van der Waals surface area contributed by atoms with Gasteiger partial charge in [-0.05, 0) is 18.2 Å². The van der Waals surface area contributed by atoms with E-state index in [1.165, 1.54) is 11.3 Å². The van der Waals surface area contributed by atoms with Gasteiger partial charge in [0, 0.05) is 13.2 Å². The van der Waals surface area contributed by atoms with E-state index in [0.717, 1.165) is 10.4 Å². The van der Waals surface area contributed by atoms with Crippen LogP contribution in [0.15, 0.2) is 29.9 Å². The molecule has 1 aromatic carbocycles. The largest absolute Gasteiger partial charge is 0.374 e. The fourth-order valence-corrected chi connectivity index (χ4v) is 2.67. The van der Waals surface area contributed by atoms with Gasteiger partial charge in [0.2, 0.25) is 0 Å². The van der Waals surface area contributed by atoms with Crippen LogP contribution in [0.3, 0.4) is 0 Å². The van der Waals surface area contributed by atoms with Crippen molar-refractivity contribution in [2.24, 2.45) is 7.05 Å². The number of hydrogen-bond acceptors (Lipinski definition) is 6. The molecule has 3 rings (SSSR count). The Bertz CT molecular complexity index is 779. The zero-order valence-electron chi connectivity index (χ0n) is 10.6. The Morgan fingerprint density at radius 1 is 1.45 bits per heavy atom. The zero-order valence-corrected chi connectivity index (χ0v) is 11.4. The van der Waals surface area contributed by atoms with E-state index in [0.29, 0.717) is 17.7 Å². The van der Waals surface area contributed by atoms with Crippen LogP contribution in [0.5, 0.6) is 0 Å². The number of nitro benzene ring substituents is 1. The maximum Gasteiger partial charge on any atom is 0.319 e. The van der Waals surface area contributed by atoms with Crippen molar-refractivity contribution in [2.45, 2.75) is 6.54 Å². The summed E-state index contributed by atoms with van der Waals surface area (Å²) in [6, 6.07) is 5.41. The molecule has 0 spiro atoms. The molecular weight excluding hydrogens is 278 g/mol. The van der Waals surface area contributed by atoms with E-state index in [4.69, 9.17) is 0 Å². The Morgan fingerprint density at radius 3 is 3.00 bits per heavy atom. The molecule has 7 nitrogen and oxygen atoms in total. The van der Waals surface area contributed by atoms with Crippen LogP contribution in [0, 0.1) is 10.1 Å². The number of hydrogen-bond donors (Lipinski definition) is 1. The molecule has 102 valence electrons. The van der Waals surface area contributed by atoms with Gasteiger partial charge in [0.1, 0.15) is 5.69 Å². The van der Waals surface area contributed by atoms with E-state index in [1.54, 1.807) is 16.3 Å². The van der Waals surface area contributed by atoms with Crippen LogP contribution >= 0.6 is 11.3 Å². The van der Waals surface area contributed by atoms with Crippen molar-refractivity contribution >= 4 is 32.9 Å². The molecule has 20 heavy (non-hydrogen) atoms. The molecular formula is C12H11N5O2S. The number of rotatable bonds is 4. The summed E-state index contributed by atoms with van der Waals surface area (Å²) in [5.74, 6) is 0. The third kappa shape index (κ3) is 2.21. The molecule has 0 atom stereocenters. The predicted octanol–water partition coefficient (Wildman–Crippen LogP) is 2.55. The Morgan fingerprint density at radius 2 is 2.30 bits per heavy atom. The summed E-state index contributed by atoms with van der Waals surface area (Å²) in [7, 11) is 1.83. The van der Waals surface area contributed by atoms with Gasteiger partial charge < -0.3 is 5.32 Å². The van der Waals surface area contributed by atoms with Gasteiger partial charge in [-0.15, -0.1) is 11.3 Å². The highest BCUT2D eigenvalue weighted by atomic mass is 32.1. The zero-order chi connectivity index (χ0) is 14.1. The molecule has 8 heteroatoms. The molecule has 0 saturated carbocycles. The van der Waals surface area contributed by atoms with Crippen LogP contribution in [-0.2, 0) is 13.6 Å². The highest BCUT2D eigenvalue weighted by Crippen LogP contribution is 2.34. The molecule has 3 aromatic rings. The molecule has 0 fully saturated rings. The van der Waals surface area contributed by atoms with Gasteiger partial charge in [0.15, 0.2) is 5.52 Å². The first kappa shape index (κ1) is 12.5. The summed E-state index contributed by atoms with van der Waals surface area (Å²) in [6.07, 6.45) is 1.83. The number of thiazole rings is 1. The second-order valence-corrected chi connectivity index (χ2v) is 5.14. The number of anilines is 1. The summed E-state index contributed by atoms with van der Waals surface area (Å²) in [6.45, 7) is 0.428. The molecule has 0 aliphatic carbocycles. The van der Waals surface area contributed by atoms with Crippen LogP contribution in [0.1, 0.15) is 5.69 Å². The summed E-state index contributed by atoms with van der Waals surface area (Å²) >= 11 is 1.39. The van der Waals surface area contributed by atoms with Gasteiger partial charge in [0.25, 0.3) is 0 Å². The number of aromatic nitrogens is 3. The Balaban J connectivity index is 1.94. The van der Waals surface area contributed by atoms with Gasteiger partial charge >= 0.3 is 5.69 Å². The fraction of sp³-hybridized carbons (Fsp3) is 0.167. The molecule has 0 unspecified atom stereocenters. The van der Waals surface area contributed by atoms with Gasteiger partial charge in [-0.25, -0.2) is 4.98 Å². The number of nitrogens with zero attached hydrogens (tertiary/aromatic N) is 4. The summed E-state index contributed by atoms with van der Waals surface area (Å²) in [5, 5.41) is 18.5. The van der Waals surface area contributed by atoms with Gasteiger partial charge in [-0.3, -0.25) is 14.8 Å². The van der Waals surface area contributed by atoms with Gasteiger partial charge in [-0.1, -0.05) is 0 Å². The van der Waals surface area contributed by atoms with Crippen LogP contribution < -0.4 is 5.32 Å². The molecule has 0 aliphatic rings. The number of aryl methyl sites for hydroxylation is 1. The van der Waals surface area contributed by atoms with Crippen molar-refractivity contribution in [1.82, 2.24) is 14.8 Å². The predicted molar refractivity (Wildman–Crippen MR) is 76.8 cm³/mol. The summed E-state index contributed by atoms with van der Waals surface area (Å²) in [5.41, 5.74) is 3.32. The first-order valence-corrected chi connectivity index (χ1v) is 6.76. The molecule has 0 radical (unpaired) electrons. The third-order valence-electron chi connectivity index (χ3n) is 2.89. The van der Waals surface area contributed by atoms with Crippen molar-refractivity contribution in [1.29, 1.82) is 0 Å². The minimum Gasteiger partial charge on any atom is -0.374 e. The highest BCUT2D eigenvalue weighted by molar-refractivity contribution is 7.16. The van der Waals surface area contributed by atoms with E-state index in [1.807, 2.05) is 25.4 Å². The molecule has 1 N–H and O–H groups in total. The Kier molecular flexibility index (Phi) is 3.07. The maximum absolute atomic E-state index is 11.3. The monoisotopic (exact) mass is 289 g/mol. The lowest BCUT2D eigenvalue weighted by Gasteiger charge is -2.05. The summed E-state index contributed by atoms with van der Waals surface area (Å²) in [4.78, 5) is 14.9. The van der Waals surface area contributed by atoms with Crippen molar-refractivity contribution in [3.05, 3.63) is 45.7 Å². The lowest BCUT2D eigenvalue weighted by Crippen LogP contribution is -2.04. The quantitative estimate of drug-likeness (QED) is 0.589. The van der Waals surface area contributed by atoms with Crippen LogP contribution in [0.4, 0.5) is 11.4 Å². The number of benzene rings is 1. The van der Waals surface area contributed by atoms with Crippen LogP contribution in [-0.4, -0.2) is 19.7 Å². The molecule has 0 amide bonds. The average molecular weight is 289 g/mol. The molecule has 2 heterocycles. The SMILES string of the molecule is Cn1ccc(CNc2ccc3scnc3c2[N+](=O)[O-])n1. The Labute approximate surface area is 118 Å². The molecule has 0 saturated heterocycles. The second kappa shape index (κ2) is 4.89. The van der Waals surface area contributed by atoms with Crippen LogP contribution in [0.2, 0.25) is 0 Å². The summed E-state index contributed by atoms with van der Waals surface area (Å²) < 4.78 is 2.50. The molecule has 0 aliphatic heterocycles. The molecule has 2 aromatic heterocycles. The second-order valence-electron chi connectivity index (χ2n) is 4.25. The first-order chi connectivity index (χ1) is 9.65. The van der Waals surface area contributed by atoms with Crippen molar-refractivity contribution in [3.8, 4) is 0 Å². The smallest absolute Gasteiger partial charge is 0.319 e. The van der Waals surface area contributed by atoms with Gasteiger partial charge in [0.05, 0.1) is 27.4 Å². The van der Waals surface area contributed by atoms with Gasteiger partial charge in [-0.2, -0.15) is 5.10 Å². The van der Waals surface area contributed by atoms with E-state index < -0.39 is 4.92 Å². The van der Waals surface area contributed by atoms with E-state index >= 15 is 0 Å². The number of nitrogens with one attached hydrogen (secondary N) is 1. The number of fused-ring (bicyclic) bond motifs is 1. The number of nitro groups is 1. The average Bonchev–Trinajstić information content (AvgIpc) is 3.03. The standard InChI is InChI=1S/C12H11N5O2S/c1-16-5-4-8(15-16)6-13-9-2-3-10-11(14-7-20-10)12(9)17(18)19/h2-5,7,13H,6H2,1H3. The lowest BCUT2D eigenvalue weighted by molar-refractivity contribution is -0.382. The van der Waals surface area contributed by atoms with E-state index in [9.17, 15) is 10.1 Å². The first-order valence-electron chi connectivity index (χ1n) is 5.88. The van der Waals surface area contributed by atoms with Crippen molar-refractivity contribution < 1.29 is 4.92 Å². The topological polar surface area (TPSA) is 85.9 Å². The minimum absolute atomic E-state index is 0.0136. The van der Waals surface area contributed by atoms with E-state index in [-0.39, 0.29) is 5.69 Å². The van der Waals surface area contributed by atoms with Crippen molar-refractivity contribution in [3.63, 3.8) is 0 Å². The Hall–Kier alpha value is -2.48. The van der Waals surface area contributed by atoms with Crippen molar-refractivity contribution in [2.75, 3.05) is 5.32 Å². The minimum atomic E-state index is -0.400. The maximum atomic E-state index is 11.3. The lowest BCUT2D eigenvalue weighted by atomic mass is 10.2. The third-order valence-corrected chi connectivity index (χ3v) is 3.68. The molecule has 0 bridgehead atoms. The highest BCUT2D eigenvalue weighted by Gasteiger charge is 2.20. The van der Waals surface area contributed by atoms with Crippen LogP contribution in [0.25, 0.3) is 10.2 Å².